The van der Waals surface area contributed by atoms with Crippen molar-refractivity contribution in [1.82, 2.24) is 20.3 Å². The van der Waals surface area contributed by atoms with Crippen molar-refractivity contribution >= 4 is 0 Å². The Kier molecular flexibility index (Phi) is 3.84. The van der Waals surface area contributed by atoms with Gasteiger partial charge in [0, 0.05) is 12.4 Å². The predicted molar refractivity (Wildman–Crippen MR) is 68.5 cm³/mol. The second kappa shape index (κ2) is 5.55. The molecular weight excluding hydrogens is 228 g/mol. The molecule has 0 aromatic carbocycles. The zero-order valence-electron chi connectivity index (χ0n) is 10.7. The number of hydrogen-bond donors (Lipinski definition) is 1. The summed E-state index contributed by atoms with van der Waals surface area (Å²) >= 11 is 0. The summed E-state index contributed by atoms with van der Waals surface area (Å²) in [7, 11) is 3.51. The molecule has 2 heterocycles. The molecule has 1 unspecified atom stereocenters. The van der Waals surface area contributed by atoms with Gasteiger partial charge in [-0.05, 0) is 25.6 Å². The summed E-state index contributed by atoms with van der Waals surface area (Å²) in [6.45, 7) is 1.91. The molecule has 0 bridgehead atoms. The Hall–Kier alpha value is -2.01. The van der Waals surface area contributed by atoms with E-state index in [2.05, 4.69) is 20.3 Å². The quantitative estimate of drug-likeness (QED) is 0.883. The fraction of sp³-hybridized carbons (Fsp3) is 0.308. The lowest BCUT2D eigenvalue weighted by Gasteiger charge is -2.16. The Balaban J connectivity index is 2.35. The van der Waals surface area contributed by atoms with Crippen LogP contribution in [0.4, 0.5) is 0 Å². The van der Waals surface area contributed by atoms with Crippen LogP contribution in [-0.4, -0.2) is 29.1 Å². The summed E-state index contributed by atoms with van der Waals surface area (Å²) < 4.78 is 5.18. The second-order valence-electron chi connectivity index (χ2n) is 3.96. The van der Waals surface area contributed by atoms with E-state index in [0.717, 1.165) is 22.7 Å². The number of nitrogens with zero attached hydrogens (tertiary/aromatic N) is 3. The van der Waals surface area contributed by atoms with Gasteiger partial charge in [0.1, 0.15) is 5.75 Å². The molecule has 5 nitrogen and oxygen atoms in total. The molecule has 1 atom stereocenters. The summed E-state index contributed by atoms with van der Waals surface area (Å²) in [6, 6.07) is 1.90. The maximum Gasteiger partial charge on any atom is 0.137 e. The molecule has 2 aromatic heterocycles. The highest BCUT2D eigenvalue weighted by atomic mass is 16.5. The van der Waals surface area contributed by atoms with Gasteiger partial charge >= 0.3 is 0 Å². The molecule has 1 N–H and O–H groups in total. The van der Waals surface area contributed by atoms with Crippen LogP contribution < -0.4 is 10.1 Å². The minimum absolute atomic E-state index is 0.0410. The number of nitrogens with one attached hydrogen (secondary N) is 1. The van der Waals surface area contributed by atoms with Gasteiger partial charge in [-0.3, -0.25) is 15.0 Å². The standard InChI is InChI=1S/C13H16N4O/c1-9-5-17-12(8-16-9)13(14-2)10-4-11(18-3)7-15-6-10/h4-8,13-14H,1-3H3. The highest BCUT2D eigenvalue weighted by molar-refractivity contribution is 5.30. The first kappa shape index (κ1) is 12.4. The number of pyridine rings is 1. The summed E-state index contributed by atoms with van der Waals surface area (Å²) in [5.41, 5.74) is 2.76. The van der Waals surface area contributed by atoms with Crippen molar-refractivity contribution in [2.24, 2.45) is 0 Å². The van der Waals surface area contributed by atoms with Crippen molar-refractivity contribution in [2.75, 3.05) is 14.2 Å². The molecule has 0 aliphatic rings. The van der Waals surface area contributed by atoms with Crippen LogP contribution in [0.2, 0.25) is 0 Å². The number of methoxy groups -OCH3 is 1. The monoisotopic (exact) mass is 244 g/mol. The number of rotatable bonds is 4. The lowest BCUT2D eigenvalue weighted by molar-refractivity contribution is 0.411. The van der Waals surface area contributed by atoms with Crippen molar-refractivity contribution in [2.45, 2.75) is 13.0 Å². The molecule has 2 rings (SSSR count). The van der Waals surface area contributed by atoms with Gasteiger partial charge in [0.15, 0.2) is 0 Å². The van der Waals surface area contributed by atoms with Crippen LogP contribution in [0.5, 0.6) is 5.75 Å². The molecule has 0 fully saturated rings. The third kappa shape index (κ3) is 2.62. The van der Waals surface area contributed by atoms with E-state index in [1.165, 1.54) is 0 Å². The highest BCUT2D eigenvalue weighted by Crippen LogP contribution is 2.21. The van der Waals surface area contributed by atoms with Crippen LogP contribution in [-0.2, 0) is 0 Å². The summed E-state index contributed by atoms with van der Waals surface area (Å²) in [6.07, 6.45) is 7.01. The van der Waals surface area contributed by atoms with E-state index in [1.807, 2.05) is 20.0 Å². The van der Waals surface area contributed by atoms with Crippen LogP contribution in [0.1, 0.15) is 23.0 Å². The van der Waals surface area contributed by atoms with Crippen LogP contribution in [0.25, 0.3) is 0 Å². The zero-order valence-corrected chi connectivity index (χ0v) is 10.7. The van der Waals surface area contributed by atoms with E-state index in [9.17, 15) is 0 Å². The van der Waals surface area contributed by atoms with Gasteiger partial charge in [0.2, 0.25) is 0 Å². The lowest BCUT2D eigenvalue weighted by Crippen LogP contribution is -2.19. The fourth-order valence-corrected chi connectivity index (χ4v) is 1.74. The van der Waals surface area contributed by atoms with Gasteiger partial charge in [-0.15, -0.1) is 0 Å². The first-order valence-electron chi connectivity index (χ1n) is 5.69. The molecule has 0 radical (unpaired) electrons. The molecular formula is C13H16N4O. The third-order valence-electron chi connectivity index (χ3n) is 2.69. The number of aromatic nitrogens is 3. The largest absolute Gasteiger partial charge is 0.495 e. The predicted octanol–water partition coefficient (Wildman–Crippen LogP) is 1.50. The van der Waals surface area contributed by atoms with Crippen molar-refractivity contribution < 1.29 is 4.74 Å². The van der Waals surface area contributed by atoms with E-state index in [4.69, 9.17) is 4.74 Å². The van der Waals surface area contributed by atoms with E-state index in [1.54, 1.807) is 31.9 Å². The van der Waals surface area contributed by atoms with Crippen molar-refractivity contribution in [1.29, 1.82) is 0 Å². The Labute approximate surface area is 106 Å². The first-order valence-corrected chi connectivity index (χ1v) is 5.69. The molecule has 0 aliphatic heterocycles. The average molecular weight is 244 g/mol. The minimum Gasteiger partial charge on any atom is -0.495 e. The Bertz CT molecular complexity index is 513. The van der Waals surface area contributed by atoms with Gasteiger partial charge in [-0.2, -0.15) is 0 Å². The molecule has 0 aliphatic carbocycles. The summed E-state index contributed by atoms with van der Waals surface area (Å²) in [4.78, 5) is 12.8. The van der Waals surface area contributed by atoms with Crippen molar-refractivity contribution in [3.63, 3.8) is 0 Å². The third-order valence-corrected chi connectivity index (χ3v) is 2.69. The number of hydrogen-bond acceptors (Lipinski definition) is 5. The molecule has 0 amide bonds. The molecule has 0 saturated carbocycles. The SMILES string of the molecule is CNC(c1cncc(OC)c1)c1cnc(C)cn1. The maximum atomic E-state index is 5.18. The van der Waals surface area contributed by atoms with Gasteiger partial charge in [-0.1, -0.05) is 0 Å². The Morgan fingerprint density at radius 3 is 2.61 bits per heavy atom. The van der Waals surface area contributed by atoms with E-state index in [-0.39, 0.29) is 6.04 Å². The van der Waals surface area contributed by atoms with Gasteiger partial charge in [0.25, 0.3) is 0 Å². The second-order valence-corrected chi connectivity index (χ2v) is 3.96. The van der Waals surface area contributed by atoms with Crippen molar-refractivity contribution in [3.8, 4) is 5.75 Å². The normalized spacial score (nSPS) is 12.2. The average Bonchev–Trinajstić information content (AvgIpc) is 2.42. The topological polar surface area (TPSA) is 59.9 Å². The molecule has 5 heteroatoms. The summed E-state index contributed by atoms with van der Waals surface area (Å²) in [5, 5.41) is 3.21. The fourth-order valence-electron chi connectivity index (χ4n) is 1.74. The van der Waals surface area contributed by atoms with E-state index in [0.29, 0.717) is 0 Å². The molecule has 0 saturated heterocycles. The van der Waals surface area contributed by atoms with Crippen LogP contribution in [0.3, 0.4) is 0 Å². The molecule has 18 heavy (non-hydrogen) atoms. The van der Waals surface area contributed by atoms with E-state index < -0.39 is 0 Å². The van der Waals surface area contributed by atoms with Crippen molar-refractivity contribution in [3.05, 3.63) is 47.8 Å². The van der Waals surface area contributed by atoms with Gasteiger partial charge < -0.3 is 10.1 Å². The van der Waals surface area contributed by atoms with Gasteiger partial charge in [0.05, 0.1) is 36.9 Å². The number of ether oxygens (including phenoxy) is 1. The zero-order chi connectivity index (χ0) is 13.0. The smallest absolute Gasteiger partial charge is 0.137 e. The van der Waals surface area contributed by atoms with E-state index >= 15 is 0 Å². The Morgan fingerprint density at radius 1 is 1.17 bits per heavy atom. The molecule has 94 valence electrons. The molecule has 2 aromatic rings. The Morgan fingerprint density at radius 2 is 2.00 bits per heavy atom. The first-order chi connectivity index (χ1) is 8.74. The highest BCUT2D eigenvalue weighted by Gasteiger charge is 2.14. The summed E-state index contributed by atoms with van der Waals surface area (Å²) in [5.74, 6) is 0.729. The molecule has 0 spiro atoms. The maximum absolute atomic E-state index is 5.18. The van der Waals surface area contributed by atoms with Crippen LogP contribution >= 0.6 is 0 Å². The van der Waals surface area contributed by atoms with Gasteiger partial charge in [-0.25, -0.2) is 0 Å². The van der Waals surface area contributed by atoms with Crippen LogP contribution in [0, 0.1) is 6.92 Å². The number of aryl methyl sites for hydroxylation is 1. The minimum atomic E-state index is -0.0410. The van der Waals surface area contributed by atoms with Crippen LogP contribution in [0.15, 0.2) is 30.9 Å². The lowest BCUT2D eigenvalue weighted by atomic mass is 10.1.